The van der Waals surface area contributed by atoms with E-state index in [1.807, 2.05) is 12.1 Å². The van der Waals surface area contributed by atoms with Crippen molar-refractivity contribution in [1.29, 1.82) is 0 Å². The van der Waals surface area contributed by atoms with Crippen LogP contribution in [0.25, 0.3) is 0 Å². The normalized spacial score (nSPS) is 20.9. The number of hydrogen-bond donors (Lipinski definition) is 3. The summed E-state index contributed by atoms with van der Waals surface area (Å²) in [6, 6.07) is 7.25. The van der Waals surface area contributed by atoms with E-state index in [0.29, 0.717) is 23.8 Å². The maximum Gasteiger partial charge on any atom is 0.170 e. The smallest absolute Gasteiger partial charge is 0.170 e. The zero-order valence-electron chi connectivity index (χ0n) is 10.4. The van der Waals surface area contributed by atoms with Crippen LogP contribution in [0.3, 0.4) is 0 Å². The van der Waals surface area contributed by atoms with Crippen molar-refractivity contribution in [2.45, 2.75) is 6.42 Å². The highest BCUT2D eigenvalue weighted by Gasteiger charge is 2.27. The first kappa shape index (κ1) is 14.1. The summed E-state index contributed by atoms with van der Waals surface area (Å²) in [5.74, 6) is 0.693. The molecule has 0 spiro atoms. The topological polar surface area (TPSA) is 84.2 Å². The first-order valence-electron chi connectivity index (χ1n) is 6.05. The van der Waals surface area contributed by atoms with E-state index in [1.54, 1.807) is 12.1 Å². The summed E-state index contributed by atoms with van der Waals surface area (Å²) < 4.78 is 22.6. The van der Waals surface area contributed by atoms with E-state index in [9.17, 15) is 8.42 Å². The van der Waals surface area contributed by atoms with E-state index in [0.717, 1.165) is 5.69 Å². The molecule has 1 unspecified atom stereocenters. The summed E-state index contributed by atoms with van der Waals surface area (Å²) in [5, 5.41) is 6.57. The van der Waals surface area contributed by atoms with Crippen LogP contribution in [0.4, 0.5) is 11.4 Å². The molecular weight excluding hydrogens is 282 g/mol. The number of nitrogens with two attached hydrogens (primary N) is 1. The molecule has 1 aliphatic heterocycles. The standard InChI is InChI=1S/C12H17N3O2S2/c13-10-1-3-11(4-2-10)15-12(18)14-7-9-5-6-19(16,17)8-9/h1-4,9H,5-8,13H2,(H2,14,15,18). The van der Waals surface area contributed by atoms with Gasteiger partial charge in [0.15, 0.2) is 14.9 Å². The molecule has 19 heavy (non-hydrogen) atoms. The highest BCUT2D eigenvalue weighted by atomic mass is 32.2. The lowest BCUT2D eigenvalue weighted by Gasteiger charge is -2.13. The molecule has 1 aromatic carbocycles. The van der Waals surface area contributed by atoms with Crippen LogP contribution >= 0.6 is 12.2 Å². The summed E-state index contributed by atoms with van der Waals surface area (Å²) in [6.45, 7) is 0.583. The van der Waals surface area contributed by atoms with Crippen LogP contribution in [0, 0.1) is 5.92 Å². The number of thiocarbonyl (C=S) groups is 1. The number of hydrogen-bond acceptors (Lipinski definition) is 4. The van der Waals surface area contributed by atoms with Gasteiger partial charge in [-0.15, -0.1) is 0 Å². The molecule has 1 fully saturated rings. The Labute approximate surface area is 118 Å². The average molecular weight is 299 g/mol. The Morgan fingerprint density at radius 2 is 2.05 bits per heavy atom. The largest absolute Gasteiger partial charge is 0.399 e. The Morgan fingerprint density at radius 1 is 1.37 bits per heavy atom. The van der Waals surface area contributed by atoms with Gasteiger partial charge in [-0.05, 0) is 48.8 Å². The molecule has 0 saturated carbocycles. The Hall–Kier alpha value is -1.34. The van der Waals surface area contributed by atoms with Crippen LogP contribution in [0.1, 0.15) is 6.42 Å². The van der Waals surface area contributed by atoms with E-state index < -0.39 is 9.84 Å². The highest BCUT2D eigenvalue weighted by molar-refractivity contribution is 7.91. The van der Waals surface area contributed by atoms with Crippen molar-refractivity contribution in [3.8, 4) is 0 Å². The first-order chi connectivity index (χ1) is 8.94. The van der Waals surface area contributed by atoms with Gasteiger partial charge < -0.3 is 16.4 Å². The number of nitrogen functional groups attached to an aromatic ring is 1. The van der Waals surface area contributed by atoms with E-state index >= 15 is 0 Å². The Morgan fingerprint density at radius 3 is 2.63 bits per heavy atom. The molecular formula is C12H17N3O2S2. The molecule has 5 nitrogen and oxygen atoms in total. The molecule has 0 bridgehead atoms. The van der Waals surface area contributed by atoms with Gasteiger partial charge in [0.25, 0.3) is 0 Å². The summed E-state index contributed by atoms with van der Waals surface area (Å²) in [4.78, 5) is 0. The van der Waals surface area contributed by atoms with Crippen molar-refractivity contribution in [3.05, 3.63) is 24.3 Å². The minimum atomic E-state index is -2.82. The molecule has 104 valence electrons. The molecule has 1 heterocycles. The van der Waals surface area contributed by atoms with Crippen LogP contribution in [-0.2, 0) is 9.84 Å². The fourth-order valence-electron chi connectivity index (χ4n) is 2.01. The minimum absolute atomic E-state index is 0.149. The SMILES string of the molecule is Nc1ccc(NC(=S)NCC2CCS(=O)(=O)C2)cc1. The Kier molecular flexibility index (Phi) is 4.26. The lowest BCUT2D eigenvalue weighted by atomic mass is 10.1. The molecule has 4 N–H and O–H groups in total. The van der Waals surface area contributed by atoms with E-state index in [4.69, 9.17) is 18.0 Å². The molecule has 0 aliphatic carbocycles. The molecule has 1 saturated heterocycles. The van der Waals surface area contributed by atoms with Crippen molar-refractivity contribution in [2.75, 3.05) is 29.1 Å². The summed E-state index contributed by atoms with van der Waals surface area (Å²) >= 11 is 5.16. The van der Waals surface area contributed by atoms with Crippen LogP contribution in [0.5, 0.6) is 0 Å². The fourth-order valence-corrected chi connectivity index (χ4v) is 4.07. The second-order valence-electron chi connectivity index (χ2n) is 4.73. The summed E-state index contributed by atoms with van der Waals surface area (Å²) in [7, 11) is -2.82. The number of benzene rings is 1. The second kappa shape index (κ2) is 5.75. The van der Waals surface area contributed by atoms with Crippen LogP contribution in [-0.4, -0.2) is 31.6 Å². The van der Waals surface area contributed by atoms with Crippen molar-refractivity contribution >= 4 is 38.5 Å². The van der Waals surface area contributed by atoms with Gasteiger partial charge in [-0.25, -0.2) is 8.42 Å². The van der Waals surface area contributed by atoms with Crippen molar-refractivity contribution in [3.63, 3.8) is 0 Å². The van der Waals surface area contributed by atoms with Gasteiger partial charge in [-0.1, -0.05) is 0 Å². The van der Waals surface area contributed by atoms with E-state index in [2.05, 4.69) is 10.6 Å². The van der Waals surface area contributed by atoms with Crippen molar-refractivity contribution in [1.82, 2.24) is 5.32 Å². The van der Waals surface area contributed by atoms with Gasteiger partial charge in [-0.3, -0.25) is 0 Å². The molecule has 1 aliphatic rings. The van der Waals surface area contributed by atoms with Gasteiger partial charge in [0.05, 0.1) is 11.5 Å². The van der Waals surface area contributed by atoms with Crippen molar-refractivity contribution < 1.29 is 8.42 Å². The molecule has 1 atom stereocenters. The van der Waals surface area contributed by atoms with Gasteiger partial charge in [0.2, 0.25) is 0 Å². The predicted octanol–water partition coefficient (Wildman–Crippen LogP) is 0.990. The quantitative estimate of drug-likeness (QED) is 0.570. The lowest BCUT2D eigenvalue weighted by Crippen LogP contribution is -2.33. The maximum atomic E-state index is 11.3. The summed E-state index contributed by atoms with van der Waals surface area (Å²) in [5.41, 5.74) is 7.14. The van der Waals surface area contributed by atoms with Crippen LogP contribution in [0.15, 0.2) is 24.3 Å². The van der Waals surface area contributed by atoms with Crippen LogP contribution < -0.4 is 16.4 Å². The molecule has 0 aromatic heterocycles. The molecule has 0 amide bonds. The number of nitrogens with one attached hydrogen (secondary N) is 2. The molecule has 0 radical (unpaired) electrons. The molecule has 1 aromatic rings. The third-order valence-electron chi connectivity index (χ3n) is 3.05. The first-order valence-corrected chi connectivity index (χ1v) is 8.28. The second-order valence-corrected chi connectivity index (χ2v) is 7.36. The number of sulfone groups is 1. The third-order valence-corrected chi connectivity index (χ3v) is 5.13. The maximum absolute atomic E-state index is 11.3. The van der Waals surface area contributed by atoms with Gasteiger partial charge in [0, 0.05) is 17.9 Å². The number of rotatable bonds is 3. The van der Waals surface area contributed by atoms with Gasteiger partial charge in [-0.2, -0.15) is 0 Å². The zero-order chi connectivity index (χ0) is 13.9. The Bertz CT molecular complexity index is 555. The highest BCUT2D eigenvalue weighted by Crippen LogP contribution is 2.17. The van der Waals surface area contributed by atoms with Gasteiger partial charge in [0.1, 0.15) is 0 Å². The van der Waals surface area contributed by atoms with E-state index in [1.165, 1.54) is 0 Å². The third kappa shape index (κ3) is 4.36. The van der Waals surface area contributed by atoms with Crippen LogP contribution in [0.2, 0.25) is 0 Å². The summed E-state index contributed by atoms with van der Waals surface area (Å²) in [6.07, 6.45) is 0.708. The zero-order valence-corrected chi connectivity index (χ0v) is 12.1. The number of anilines is 2. The van der Waals surface area contributed by atoms with E-state index in [-0.39, 0.29) is 17.4 Å². The predicted molar refractivity (Wildman–Crippen MR) is 81.8 cm³/mol. The Balaban J connectivity index is 1.78. The average Bonchev–Trinajstić information content (AvgIpc) is 2.69. The van der Waals surface area contributed by atoms with Gasteiger partial charge >= 0.3 is 0 Å². The van der Waals surface area contributed by atoms with Crippen molar-refractivity contribution in [2.24, 2.45) is 5.92 Å². The fraction of sp³-hybridized carbons (Fsp3) is 0.417. The monoisotopic (exact) mass is 299 g/mol. The molecule has 7 heteroatoms. The molecule has 2 rings (SSSR count). The lowest BCUT2D eigenvalue weighted by molar-refractivity contribution is 0.574. The minimum Gasteiger partial charge on any atom is -0.399 e.